The molecule has 1 atom stereocenters. The van der Waals surface area contributed by atoms with Crippen molar-refractivity contribution in [2.24, 2.45) is 0 Å². The van der Waals surface area contributed by atoms with Gasteiger partial charge in [-0.3, -0.25) is 4.90 Å². The monoisotopic (exact) mass is 219 g/mol. The highest BCUT2D eigenvalue weighted by Crippen LogP contribution is 2.37. The molecule has 1 heterocycles. The van der Waals surface area contributed by atoms with Crippen LogP contribution in [0.3, 0.4) is 0 Å². The van der Waals surface area contributed by atoms with Crippen LogP contribution < -0.4 is 0 Å². The fraction of sp³-hybridized carbons (Fsp3) is 0.462. The van der Waals surface area contributed by atoms with Crippen molar-refractivity contribution in [2.45, 2.75) is 31.7 Å². The molecule has 16 heavy (non-hydrogen) atoms. The molecule has 0 spiro atoms. The van der Waals surface area contributed by atoms with E-state index in [-0.39, 0.29) is 5.54 Å². The average Bonchev–Trinajstić information content (AvgIpc) is 2.30. The molecule has 1 N–H and O–H groups in total. The lowest BCUT2D eigenvalue weighted by molar-refractivity contribution is 0.0559. The molecule has 0 saturated carbocycles. The third-order valence-corrected chi connectivity index (χ3v) is 3.52. The van der Waals surface area contributed by atoms with Gasteiger partial charge in [0.15, 0.2) is 0 Å². The Morgan fingerprint density at radius 2 is 2.00 bits per heavy atom. The number of rotatable bonds is 1. The number of hydrogen-bond donors (Lipinski definition) is 1. The molecule has 1 amide bonds. The van der Waals surface area contributed by atoms with Gasteiger partial charge in [-0.05, 0) is 31.7 Å². The fourth-order valence-corrected chi connectivity index (χ4v) is 2.52. The minimum Gasteiger partial charge on any atom is -0.465 e. The number of piperidine rings is 1. The Morgan fingerprint density at radius 1 is 1.31 bits per heavy atom. The van der Waals surface area contributed by atoms with E-state index in [1.165, 1.54) is 0 Å². The van der Waals surface area contributed by atoms with Crippen molar-refractivity contribution in [1.82, 2.24) is 4.90 Å². The highest BCUT2D eigenvalue weighted by molar-refractivity contribution is 5.66. The molecule has 3 nitrogen and oxygen atoms in total. The molecule has 0 aliphatic carbocycles. The molecule has 0 aromatic heterocycles. The smallest absolute Gasteiger partial charge is 0.408 e. The molecule has 1 fully saturated rings. The molecule has 0 radical (unpaired) electrons. The zero-order valence-corrected chi connectivity index (χ0v) is 9.52. The first-order valence-corrected chi connectivity index (χ1v) is 5.71. The minimum absolute atomic E-state index is 0.356. The molecule has 2 rings (SSSR count). The summed E-state index contributed by atoms with van der Waals surface area (Å²) in [5.74, 6) is 0. The van der Waals surface area contributed by atoms with Crippen LogP contribution in [-0.2, 0) is 5.54 Å². The van der Waals surface area contributed by atoms with Gasteiger partial charge in [0.25, 0.3) is 0 Å². The van der Waals surface area contributed by atoms with Gasteiger partial charge in [-0.15, -0.1) is 0 Å². The van der Waals surface area contributed by atoms with Gasteiger partial charge in [0.1, 0.15) is 0 Å². The normalized spacial score (nSPS) is 25.4. The first-order valence-electron chi connectivity index (χ1n) is 5.71. The van der Waals surface area contributed by atoms with Crippen molar-refractivity contribution < 1.29 is 9.90 Å². The fourth-order valence-electron chi connectivity index (χ4n) is 2.52. The predicted molar refractivity (Wildman–Crippen MR) is 62.4 cm³/mol. The molecule has 1 unspecified atom stereocenters. The molecular formula is C13H17NO2. The average molecular weight is 219 g/mol. The van der Waals surface area contributed by atoms with Gasteiger partial charge in [0, 0.05) is 6.54 Å². The largest absolute Gasteiger partial charge is 0.465 e. The van der Waals surface area contributed by atoms with Crippen LogP contribution in [0.5, 0.6) is 0 Å². The topological polar surface area (TPSA) is 40.5 Å². The minimum atomic E-state index is -0.814. The molecule has 1 aromatic rings. The maximum absolute atomic E-state index is 11.3. The van der Waals surface area contributed by atoms with Crippen molar-refractivity contribution in [3.05, 3.63) is 35.9 Å². The molecule has 1 saturated heterocycles. The van der Waals surface area contributed by atoms with Crippen molar-refractivity contribution in [2.75, 3.05) is 6.54 Å². The summed E-state index contributed by atoms with van der Waals surface area (Å²) in [4.78, 5) is 12.8. The summed E-state index contributed by atoms with van der Waals surface area (Å²) < 4.78 is 0. The summed E-state index contributed by atoms with van der Waals surface area (Å²) >= 11 is 0. The molecule has 1 aromatic carbocycles. The lowest BCUT2D eigenvalue weighted by atomic mass is 9.82. The quantitative estimate of drug-likeness (QED) is 0.788. The summed E-state index contributed by atoms with van der Waals surface area (Å²) in [6, 6.07) is 9.92. The zero-order chi connectivity index (χ0) is 11.6. The van der Waals surface area contributed by atoms with Crippen LogP contribution in [0.15, 0.2) is 30.3 Å². The van der Waals surface area contributed by atoms with E-state index in [9.17, 15) is 9.90 Å². The SMILES string of the molecule is CC1(c2ccccc2)CCCCN1C(=O)O. The van der Waals surface area contributed by atoms with Crippen LogP contribution in [0.2, 0.25) is 0 Å². The Balaban J connectivity index is 2.37. The second-order valence-corrected chi connectivity index (χ2v) is 4.53. The molecule has 86 valence electrons. The Hall–Kier alpha value is -1.51. The van der Waals surface area contributed by atoms with E-state index in [0.29, 0.717) is 6.54 Å². The van der Waals surface area contributed by atoms with Gasteiger partial charge in [-0.1, -0.05) is 30.3 Å². The van der Waals surface area contributed by atoms with Gasteiger partial charge in [0.05, 0.1) is 5.54 Å². The van der Waals surface area contributed by atoms with E-state index in [1.807, 2.05) is 37.3 Å². The number of hydrogen-bond acceptors (Lipinski definition) is 1. The number of carboxylic acid groups (broad SMARTS) is 1. The molecule has 1 aliphatic rings. The van der Waals surface area contributed by atoms with Gasteiger partial charge in [-0.2, -0.15) is 0 Å². The summed E-state index contributed by atoms with van der Waals surface area (Å²) in [5, 5.41) is 9.26. The Labute approximate surface area is 95.7 Å². The second-order valence-electron chi connectivity index (χ2n) is 4.53. The van der Waals surface area contributed by atoms with Crippen LogP contribution >= 0.6 is 0 Å². The van der Waals surface area contributed by atoms with Crippen molar-refractivity contribution in [1.29, 1.82) is 0 Å². The van der Waals surface area contributed by atoms with Gasteiger partial charge >= 0.3 is 6.09 Å². The lowest BCUT2D eigenvalue weighted by Gasteiger charge is -2.43. The van der Waals surface area contributed by atoms with E-state index in [2.05, 4.69) is 0 Å². The number of carbonyl (C=O) groups is 1. The van der Waals surface area contributed by atoms with Crippen LogP contribution in [0.1, 0.15) is 31.7 Å². The lowest BCUT2D eigenvalue weighted by Crippen LogP contribution is -2.49. The van der Waals surface area contributed by atoms with E-state index in [4.69, 9.17) is 0 Å². The molecule has 1 aliphatic heterocycles. The standard InChI is InChI=1S/C13H17NO2/c1-13(11-7-3-2-4-8-11)9-5-6-10-14(13)12(15)16/h2-4,7-8H,5-6,9-10H2,1H3,(H,15,16). The molecular weight excluding hydrogens is 202 g/mol. The third kappa shape index (κ3) is 1.77. The van der Waals surface area contributed by atoms with Crippen molar-refractivity contribution in [3.63, 3.8) is 0 Å². The van der Waals surface area contributed by atoms with Gasteiger partial charge in [0.2, 0.25) is 0 Å². The highest BCUT2D eigenvalue weighted by Gasteiger charge is 2.38. The summed E-state index contributed by atoms with van der Waals surface area (Å²) in [6.07, 6.45) is 2.15. The first-order chi connectivity index (χ1) is 7.64. The van der Waals surface area contributed by atoms with E-state index in [1.54, 1.807) is 4.90 Å². The number of amides is 1. The number of benzene rings is 1. The number of nitrogens with zero attached hydrogens (tertiary/aromatic N) is 1. The molecule has 0 bridgehead atoms. The van der Waals surface area contributed by atoms with E-state index in [0.717, 1.165) is 24.8 Å². The Bertz CT molecular complexity index is 377. The van der Waals surface area contributed by atoms with Crippen LogP contribution in [0, 0.1) is 0 Å². The second kappa shape index (κ2) is 4.16. The van der Waals surface area contributed by atoms with Crippen molar-refractivity contribution >= 4 is 6.09 Å². The summed E-state index contributed by atoms with van der Waals surface area (Å²) in [5.41, 5.74) is 0.739. The Kier molecular flexibility index (Phi) is 2.86. The maximum Gasteiger partial charge on any atom is 0.408 e. The van der Waals surface area contributed by atoms with Crippen LogP contribution in [0.4, 0.5) is 4.79 Å². The summed E-state index contributed by atoms with van der Waals surface area (Å²) in [7, 11) is 0. The van der Waals surface area contributed by atoms with Crippen LogP contribution in [0.25, 0.3) is 0 Å². The molecule has 3 heteroatoms. The van der Waals surface area contributed by atoms with Crippen molar-refractivity contribution in [3.8, 4) is 0 Å². The van der Waals surface area contributed by atoms with E-state index >= 15 is 0 Å². The zero-order valence-electron chi connectivity index (χ0n) is 9.52. The predicted octanol–water partition coefficient (Wildman–Crippen LogP) is 3.07. The number of likely N-dealkylation sites (tertiary alicyclic amines) is 1. The maximum atomic E-state index is 11.3. The third-order valence-electron chi connectivity index (χ3n) is 3.52. The summed E-state index contributed by atoms with van der Waals surface area (Å²) in [6.45, 7) is 2.66. The first kappa shape index (κ1) is 11.0. The van der Waals surface area contributed by atoms with Gasteiger partial charge < -0.3 is 5.11 Å². The van der Waals surface area contributed by atoms with E-state index < -0.39 is 6.09 Å². The van der Waals surface area contributed by atoms with Crippen LogP contribution in [-0.4, -0.2) is 22.6 Å². The highest BCUT2D eigenvalue weighted by atomic mass is 16.4. The van der Waals surface area contributed by atoms with Gasteiger partial charge in [-0.25, -0.2) is 4.79 Å². The Morgan fingerprint density at radius 3 is 2.62 bits per heavy atom.